The molecular weight excluding hydrogens is 392 g/mol. The number of esters is 1. The molecule has 0 spiro atoms. The van der Waals surface area contributed by atoms with Crippen molar-refractivity contribution in [2.24, 2.45) is 0 Å². The van der Waals surface area contributed by atoms with E-state index >= 15 is 0 Å². The summed E-state index contributed by atoms with van der Waals surface area (Å²) in [6.07, 6.45) is -0.0310. The number of amides is 1. The summed E-state index contributed by atoms with van der Waals surface area (Å²) < 4.78 is 31.1. The van der Waals surface area contributed by atoms with Crippen LogP contribution >= 0.6 is 0 Å². The van der Waals surface area contributed by atoms with Crippen LogP contribution in [0.4, 0.5) is 5.69 Å². The van der Waals surface area contributed by atoms with Crippen molar-refractivity contribution in [3.05, 3.63) is 59.7 Å². The molecule has 29 heavy (non-hydrogen) atoms. The van der Waals surface area contributed by atoms with Gasteiger partial charge in [-0.15, -0.1) is 0 Å². The zero-order chi connectivity index (χ0) is 21.6. The number of anilines is 1. The molecule has 0 aromatic heterocycles. The first kappa shape index (κ1) is 22.6. The number of carbonyl (C=O) groups is 2. The Balaban J connectivity index is 2.02. The number of benzene rings is 2. The zero-order valence-corrected chi connectivity index (χ0v) is 17.7. The average molecular weight is 419 g/mol. The lowest BCUT2D eigenvalue weighted by molar-refractivity contribution is -0.123. The van der Waals surface area contributed by atoms with Crippen molar-refractivity contribution in [1.82, 2.24) is 4.72 Å². The standard InChI is InChI=1S/C21H26N2O5S/c1-5-14(2)16-9-11-18(12-10-16)23-20(24)15(3)28-21(25)17-7-6-8-19(13-17)29(26,27)22-4/h6-15,22H,5H2,1-4H3,(H,23,24)/t14-,15+/m1/s1. The Morgan fingerprint density at radius 1 is 1.07 bits per heavy atom. The molecule has 2 N–H and O–H groups in total. The fourth-order valence-corrected chi connectivity index (χ4v) is 3.34. The molecule has 0 aliphatic heterocycles. The number of sulfonamides is 1. The number of hydrogen-bond donors (Lipinski definition) is 2. The van der Waals surface area contributed by atoms with Gasteiger partial charge in [0.2, 0.25) is 10.0 Å². The van der Waals surface area contributed by atoms with E-state index in [1.54, 1.807) is 12.1 Å². The summed E-state index contributed by atoms with van der Waals surface area (Å²) in [4.78, 5) is 24.6. The Bertz CT molecular complexity index is 971. The van der Waals surface area contributed by atoms with Crippen LogP contribution < -0.4 is 10.0 Å². The number of carbonyl (C=O) groups excluding carboxylic acids is 2. The maximum atomic E-state index is 12.3. The lowest BCUT2D eigenvalue weighted by atomic mass is 9.99. The van der Waals surface area contributed by atoms with Gasteiger partial charge in [-0.1, -0.05) is 32.0 Å². The van der Waals surface area contributed by atoms with Gasteiger partial charge in [-0.3, -0.25) is 4.79 Å². The van der Waals surface area contributed by atoms with Crippen molar-refractivity contribution in [2.45, 2.75) is 44.1 Å². The Kier molecular flexibility index (Phi) is 7.53. The van der Waals surface area contributed by atoms with E-state index in [2.05, 4.69) is 23.9 Å². The summed E-state index contributed by atoms with van der Waals surface area (Å²) in [5, 5.41) is 2.71. The lowest BCUT2D eigenvalue weighted by Crippen LogP contribution is -2.30. The molecule has 1 amide bonds. The molecule has 0 saturated carbocycles. The smallest absolute Gasteiger partial charge is 0.338 e. The molecule has 8 heteroatoms. The molecule has 0 radical (unpaired) electrons. The van der Waals surface area contributed by atoms with E-state index < -0.39 is 28.0 Å². The van der Waals surface area contributed by atoms with Crippen molar-refractivity contribution >= 4 is 27.6 Å². The summed E-state index contributed by atoms with van der Waals surface area (Å²) in [5.41, 5.74) is 1.83. The number of ether oxygens (including phenoxy) is 1. The van der Waals surface area contributed by atoms with Gasteiger partial charge in [0.25, 0.3) is 5.91 Å². The van der Waals surface area contributed by atoms with Gasteiger partial charge in [-0.25, -0.2) is 17.9 Å². The summed E-state index contributed by atoms with van der Waals surface area (Å²) in [5.74, 6) is -0.830. The maximum Gasteiger partial charge on any atom is 0.338 e. The normalized spacial score (nSPS) is 13.4. The van der Waals surface area contributed by atoms with E-state index in [1.165, 1.54) is 43.8 Å². The molecule has 0 bridgehead atoms. The monoisotopic (exact) mass is 418 g/mol. The van der Waals surface area contributed by atoms with Gasteiger partial charge in [0, 0.05) is 5.69 Å². The van der Waals surface area contributed by atoms with E-state index in [1.807, 2.05) is 12.1 Å². The molecule has 2 aromatic rings. The van der Waals surface area contributed by atoms with Gasteiger partial charge in [0.1, 0.15) is 0 Å². The second kappa shape index (κ2) is 9.67. The molecule has 2 aromatic carbocycles. The third-order valence-electron chi connectivity index (χ3n) is 4.66. The predicted octanol–water partition coefficient (Wildman–Crippen LogP) is 3.29. The van der Waals surface area contributed by atoms with Crippen molar-refractivity contribution in [1.29, 1.82) is 0 Å². The minimum atomic E-state index is -3.69. The third kappa shape index (κ3) is 5.88. The van der Waals surface area contributed by atoms with Gasteiger partial charge < -0.3 is 10.1 Å². The number of nitrogens with one attached hydrogen (secondary N) is 2. The average Bonchev–Trinajstić information content (AvgIpc) is 2.73. The van der Waals surface area contributed by atoms with Crippen molar-refractivity contribution in [3.63, 3.8) is 0 Å². The van der Waals surface area contributed by atoms with Gasteiger partial charge in [0.05, 0.1) is 10.5 Å². The first-order chi connectivity index (χ1) is 13.7. The second-order valence-corrected chi connectivity index (χ2v) is 8.59. The summed E-state index contributed by atoms with van der Waals surface area (Å²) in [7, 11) is -2.41. The molecule has 156 valence electrons. The largest absolute Gasteiger partial charge is 0.449 e. The molecule has 0 fully saturated rings. The molecule has 7 nitrogen and oxygen atoms in total. The summed E-state index contributed by atoms with van der Waals surface area (Å²) in [6, 6.07) is 12.9. The van der Waals surface area contributed by atoms with Crippen LogP contribution in [0.2, 0.25) is 0 Å². The van der Waals surface area contributed by atoms with Crippen LogP contribution in [0.15, 0.2) is 53.4 Å². The lowest BCUT2D eigenvalue weighted by Gasteiger charge is -2.15. The van der Waals surface area contributed by atoms with E-state index in [0.717, 1.165) is 6.42 Å². The van der Waals surface area contributed by atoms with Crippen LogP contribution in [0, 0.1) is 0 Å². The van der Waals surface area contributed by atoms with Crippen LogP contribution in [0.5, 0.6) is 0 Å². The molecule has 2 atom stereocenters. The van der Waals surface area contributed by atoms with Crippen LogP contribution in [0.25, 0.3) is 0 Å². The highest BCUT2D eigenvalue weighted by atomic mass is 32.2. The highest BCUT2D eigenvalue weighted by Crippen LogP contribution is 2.20. The van der Waals surface area contributed by atoms with Gasteiger partial charge in [0.15, 0.2) is 6.10 Å². The summed E-state index contributed by atoms with van der Waals surface area (Å²) >= 11 is 0. The first-order valence-corrected chi connectivity index (χ1v) is 10.8. The topological polar surface area (TPSA) is 102 Å². The quantitative estimate of drug-likeness (QED) is 0.641. The number of rotatable bonds is 8. The molecule has 0 aliphatic carbocycles. The second-order valence-electron chi connectivity index (χ2n) is 6.70. The van der Waals surface area contributed by atoms with E-state index in [4.69, 9.17) is 4.74 Å². The Labute approximate surface area is 171 Å². The number of hydrogen-bond acceptors (Lipinski definition) is 5. The Morgan fingerprint density at radius 2 is 1.72 bits per heavy atom. The Morgan fingerprint density at radius 3 is 2.31 bits per heavy atom. The predicted molar refractivity (Wildman–Crippen MR) is 111 cm³/mol. The van der Waals surface area contributed by atoms with Crippen LogP contribution in [-0.2, 0) is 19.6 Å². The van der Waals surface area contributed by atoms with E-state index in [0.29, 0.717) is 11.6 Å². The minimum absolute atomic E-state index is 0.0406. The highest BCUT2D eigenvalue weighted by molar-refractivity contribution is 7.89. The molecule has 0 aliphatic rings. The fraction of sp³-hybridized carbons (Fsp3) is 0.333. The summed E-state index contributed by atoms with van der Waals surface area (Å²) in [6.45, 7) is 5.70. The minimum Gasteiger partial charge on any atom is -0.449 e. The van der Waals surface area contributed by atoms with Gasteiger partial charge in [-0.05, 0) is 62.2 Å². The van der Waals surface area contributed by atoms with Crippen molar-refractivity contribution in [2.75, 3.05) is 12.4 Å². The van der Waals surface area contributed by atoms with Gasteiger partial charge in [-0.2, -0.15) is 0 Å². The third-order valence-corrected chi connectivity index (χ3v) is 6.07. The molecular formula is C21H26N2O5S. The SMILES string of the molecule is CC[C@@H](C)c1ccc(NC(=O)[C@H](C)OC(=O)c2cccc(S(=O)(=O)NC)c2)cc1. The first-order valence-electron chi connectivity index (χ1n) is 9.33. The van der Waals surface area contributed by atoms with Crippen LogP contribution in [-0.4, -0.2) is 33.4 Å². The van der Waals surface area contributed by atoms with Crippen molar-refractivity contribution in [3.8, 4) is 0 Å². The maximum absolute atomic E-state index is 12.3. The molecule has 0 unspecified atom stereocenters. The van der Waals surface area contributed by atoms with Crippen LogP contribution in [0.3, 0.4) is 0 Å². The van der Waals surface area contributed by atoms with E-state index in [9.17, 15) is 18.0 Å². The highest BCUT2D eigenvalue weighted by Gasteiger charge is 2.21. The molecule has 2 rings (SSSR count). The fourth-order valence-electron chi connectivity index (χ4n) is 2.56. The Hall–Kier alpha value is -2.71. The molecule has 0 heterocycles. The van der Waals surface area contributed by atoms with Gasteiger partial charge >= 0.3 is 5.97 Å². The zero-order valence-electron chi connectivity index (χ0n) is 16.9. The molecule has 0 saturated heterocycles. The van der Waals surface area contributed by atoms with Crippen LogP contribution in [0.1, 0.15) is 49.0 Å². The van der Waals surface area contributed by atoms with E-state index in [-0.39, 0.29) is 10.5 Å². The van der Waals surface area contributed by atoms with Crippen molar-refractivity contribution < 1.29 is 22.7 Å².